The van der Waals surface area contributed by atoms with E-state index < -0.39 is 0 Å². The summed E-state index contributed by atoms with van der Waals surface area (Å²) in [5.41, 5.74) is 9.69. The second kappa shape index (κ2) is 5.88. The quantitative estimate of drug-likeness (QED) is 0.921. The molecule has 2 rings (SSSR count). The van der Waals surface area contributed by atoms with Crippen LogP contribution in [-0.2, 0) is 11.3 Å². The number of aryl methyl sites for hydroxylation is 2. The molecule has 5 nitrogen and oxygen atoms in total. The van der Waals surface area contributed by atoms with Crippen molar-refractivity contribution in [3.05, 3.63) is 45.7 Å². The van der Waals surface area contributed by atoms with Crippen molar-refractivity contribution in [2.45, 2.75) is 20.4 Å². The van der Waals surface area contributed by atoms with Crippen LogP contribution in [0.4, 0.5) is 5.69 Å². The Morgan fingerprint density at radius 2 is 2.05 bits per heavy atom. The maximum atomic E-state index is 11.9. The van der Waals surface area contributed by atoms with Gasteiger partial charge < -0.3 is 10.5 Å². The normalized spacial score (nSPS) is 10.8. The van der Waals surface area contributed by atoms with Gasteiger partial charge in [-0.3, -0.25) is 4.79 Å². The molecular weight excluding hydrogens is 254 g/mol. The molecule has 1 aromatic heterocycles. The number of nitrogen functional groups attached to an aromatic ring is 1. The van der Waals surface area contributed by atoms with Crippen LogP contribution in [0.3, 0.4) is 0 Å². The molecule has 0 aliphatic rings. The summed E-state index contributed by atoms with van der Waals surface area (Å²) in [6.07, 6.45) is 0. The summed E-state index contributed by atoms with van der Waals surface area (Å²) < 4.78 is 6.34. The first-order chi connectivity index (χ1) is 9.52. The van der Waals surface area contributed by atoms with E-state index in [1.165, 1.54) is 10.2 Å². The van der Waals surface area contributed by atoms with Gasteiger partial charge in [0.1, 0.15) is 5.69 Å². The van der Waals surface area contributed by atoms with Gasteiger partial charge in [-0.25, -0.2) is 4.68 Å². The maximum Gasteiger partial charge on any atom is 0.289 e. The molecule has 106 valence electrons. The molecule has 0 bridgehead atoms. The van der Waals surface area contributed by atoms with E-state index >= 15 is 0 Å². The number of rotatable bonds is 4. The van der Waals surface area contributed by atoms with E-state index in [-0.39, 0.29) is 11.2 Å². The first kappa shape index (κ1) is 14.3. The fourth-order valence-electron chi connectivity index (χ4n) is 2.12. The van der Waals surface area contributed by atoms with Gasteiger partial charge >= 0.3 is 0 Å². The van der Waals surface area contributed by atoms with Gasteiger partial charge in [0.15, 0.2) is 0 Å². The predicted molar refractivity (Wildman–Crippen MR) is 79.7 cm³/mol. The van der Waals surface area contributed by atoms with Gasteiger partial charge in [0.25, 0.3) is 5.56 Å². The molecule has 1 heterocycles. The molecule has 0 spiro atoms. The van der Waals surface area contributed by atoms with Crippen LogP contribution in [0.1, 0.15) is 11.1 Å². The summed E-state index contributed by atoms with van der Waals surface area (Å²) in [6.45, 7) is 4.86. The summed E-state index contributed by atoms with van der Waals surface area (Å²) >= 11 is 0. The van der Waals surface area contributed by atoms with Crippen molar-refractivity contribution < 1.29 is 4.74 Å². The SMILES string of the molecule is COCCn1nc(-c2ccc(C)cc2C)cc(N)c1=O. The van der Waals surface area contributed by atoms with E-state index in [9.17, 15) is 4.79 Å². The van der Waals surface area contributed by atoms with E-state index in [2.05, 4.69) is 11.2 Å². The van der Waals surface area contributed by atoms with Crippen LogP contribution in [0, 0.1) is 13.8 Å². The Bertz CT molecular complexity index is 677. The molecule has 0 amide bonds. The first-order valence-corrected chi connectivity index (χ1v) is 6.47. The standard InChI is InChI=1S/C15H19N3O2/c1-10-4-5-12(11(2)8-10)14-9-13(16)15(19)18(17-14)6-7-20-3/h4-5,8-9H,6-7,16H2,1-3H3. The minimum Gasteiger partial charge on any atom is -0.394 e. The first-order valence-electron chi connectivity index (χ1n) is 6.47. The molecule has 0 saturated heterocycles. The molecule has 0 saturated carbocycles. The van der Waals surface area contributed by atoms with Crippen LogP contribution in [0.15, 0.2) is 29.1 Å². The Labute approximate surface area is 118 Å². The summed E-state index contributed by atoms with van der Waals surface area (Å²) in [7, 11) is 1.59. The van der Waals surface area contributed by atoms with Gasteiger partial charge in [0.2, 0.25) is 0 Å². The van der Waals surface area contributed by atoms with Crippen molar-refractivity contribution in [1.82, 2.24) is 9.78 Å². The number of hydrogen-bond acceptors (Lipinski definition) is 4. The fourth-order valence-corrected chi connectivity index (χ4v) is 2.12. The second-order valence-corrected chi connectivity index (χ2v) is 4.82. The third kappa shape index (κ3) is 2.88. The lowest BCUT2D eigenvalue weighted by Gasteiger charge is -2.10. The van der Waals surface area contributed by atoms with Crippen LogP contribution in [-0.4, -0.2) is 23.5 Å². The van der Waals surface area contributed by atoms with E-state index in [0.29, 0.717) is 18.8 Å². The molecule has 2 N–H and O–H groups in total. The zero-order chi connectivity index (χ0) is 14.7. The zero-order valence-electron chi connectivity index (χ0n) is 12.0. The highest BCUT2D eigenvalue weighted by Crippen LogP contribution is 2.22. The number of benzene rings is 1. The Hall–Kier alpha value is -2.14. The highest BCUT2D eigenvalue weighted by Gasteiger charge is 2.09. The molecule has 5 heteroatoms. The zero-order valence-corrected chi connectivity index (χ0v) is 12.0. The number of methoxy groups -OCH3 is 1. The van der Waals surface area contributed by atoms with Gasteiger partial charge in [0, 0.05) is 12.7 Å². The van der Waals surface area contributed by atoms with Crippen molar-refractivity contribution in [1.29, 1.82) is 0 Å². The minimum absolute atomic E-state index is 0.200. The molecule has 2 aromatic rings. The van der Waals surface area contributed by atoms with E-state index in [4.69, 9.17) is 10.5 Å². The lowest BCUT2D eigenvalue weighted by molar-refractivity contribution is 0.182. The third-order valence-electron chi connectivity index (χ3n) is 3.17. The lowest BCUT2D eigenvalue weighted by atomic mass is 10.0. The van der Waals surface area contributed by atoms with Gasteiger partial charge in [-0.2, -0.15) is 5.10 Å². The van der Waals surface area contributed by atoms with Crippen LogP contribution in [0.5, 0.6) is 0 Å². The van der Waals surface area contributed by atoms with Crippen LogP contribution in [0.2, 0.25) is 0 Å². The van der Waals surface area contributed by atoms with Crippen molar-refractivity contribution in [3.63, 3.8) is 0 Å². The molecule has 20 heavy (non-hydrogen) atoms. The van der Waals surface area contributed by atoms with Crippen LogP contribution in [0.25, 0.3) is 11.3 Å². The van der Waals surface area contributed by atoms with E-state index in [0.717, 1.165) is 11.1 Å². The van der Waals surface area contributed by atoms with E-state index in [1.807, 2.05) is 26.0 Å². The lowest BCUT2D eigenvalue weighted by Crippen LogP contribution is -2.27. The Morgan fingerprint density at radius 1 is 1.30 bits per heavy atom. The number of nitrogens with two attached hydrogens (primary N) is 1. The smallest absolute Gasteiger partial charge is 0.289 e. The Balaban J connectivity index is 2.51. The highest BCUT2D eigenvalue weighted by atomic mass is 16.5. The van der Waals surface area contributed by atoms with Gasteiger partial charge in [-0.15, -0.1) is 0 Å². The largest absolute Gasteiger partial charge is 0.394 e. The van der Waals surface area contributed by atoms with Gasteiger partial charge in [0.05, 0.1) is 18.8 Å². The molecular formula is C15H19N3O2. The molecule has 0 unspecified atom stereocenters. The molecule has 0 aliphatic carbocycles. The average molecular weight is 273 g/mol. The third-order valence-corrected chi connectivity index (χ3v) is 3.17. The summed E-state index contributed by atoms with van der Waals surface area (Å²) in [5, 5.41) is 4.38. The van der Waals surface area contributed by atoms with Gasteiger partial charge in [-0.1, -0.05) is 23.8 Å². The van der Waals surface area contributed by atoms with Gasteiger partial charge in [-0.05, 0) is 25.5 Å². The number of nitrogens with zero attached hydrogens (tertiary/aromatic N) is 2. The highest BCUT2D eigenvalue weighted by molar-refractivity contribution is 5.66. The van der Waals surface area contributed by atoms with Crippen molar-refractivity contribution in [2.24, 2.45) is 0 Å². The monoisotopic (exact) mass is 273 g/mol. The van der Waals surface area contributed by atoms with E-state index in [1.54, 1.807) is 13.2 Å². The molecule has 1 aromatic carbocycles. The summed E-state index contributed by atoms with van der Waals surface area (Å²) in [5.74, 6) is 0. The number of aromatic nitrogens is 2. The average Bonchev–Trinajstić information content (AvgIpc) is 2.40. The van der Waals surface area contributed by atoms with Crippen molar-refractivity contribution in [2.75, 3.05) is 19.5 Å². The Kier molecular flexibility index (Phi) is 4.20. The molecule has 0 atom stereocenters. The summed E-state index contributed by atoms with van der Waals surface area (Å²) in [6, 6.07) is 7.73. The molecule has 0 aliphatic heterocycles. The number of hydrogen-bond donors (Lipinski definition) is 1. The second-order valence-electron chi connectivity index (χ2n) is 4.82. The van der Waals surface area contributed by atoms with Crippen molar-refractivity contribution >= 4 is 5.69 Å². The van der Waals surface area contributed by atoms with Crippen LogP contribution < -0.4 is 11.3 Å². The minimum atomic E-state index is -0.282. The van der Waals surface area contributed by atoms with Crippen molar-refractivity contribution in [3.8, 4) is 11.3 Å². The molecule has 0 radical (unpaired) electrons. The predicted octanol–water partition coefficient (Wildman–Crippen LogP) is 1.76. The van der Waals surface area contributed by atoms with Crippen LogP contribution >= 0.6 is 0 Å². The fraction of sp³-hybridized carbons (Fsp3) is 0.333. The number of ether oxygens (including phenoxy) is 1. The Morgan fingerprint density at radius 3 is 2.70 bits per heavy atom. The number of anilines is 1. The summed E-state index contributed by atoms with van der Waals surface area (Å²) in [4.78, 5) is 11.9. The maximum absolute atomic E-state index is 11.9. The topological polar surface area (TPSA) is 70.1 Å². The molecule has 0 fully saturated rings.